The van der Waals surface area contributed by atoms with Crippen molar-refractivity contribution >= 4 is 11.9 Å². The highest BCUT2D eigenvalue weighted by Gasteiger charge is 2.53. The average molecular weight is 307 g/mol. The number of carbonyl (C=O) groups is 2. The Hall–Kier alpha value is -1.32. The molecule has 0 radical (unpaired) electrons. The van der Waals surface area contributed by atoms with Crippen molar-refractivity contribution in [3.05, 3.63) is 12.2 Å². The first kappa shape index (κ1) is 17.0. The predicted octanol–water partition coefficient (Wildman–Crippen LogP) is 3.36. The van der Waals surface area contributed by atoms with Gasteiger partial charge in [-0.3, -0.25) is 4.79 Å². The van der Waals surface area contributed by atoms with Gasteiger partial charge in [0.2, 0.25) is 5.91 Å². The second kappa shape index (κ2) is 6.43. The largest absolute Gasteiger partial charge is 0.459 e. The minimum Gasteiger partial charge on any atom is -0.459 e. The van der Waals surface area contributed by atoms with E-state index < -0.39 is 0 Å². The van der Waals surface area contributed by atoms with Crippen LogP contribution in [0.2, 0.25) is 0 Å². The van der Waals surface area contributed by atoms with Crippen LogP contribution in [0.4, 0.5) is 0 Å². The molecule has 0 heterocycles. The van der Waals surface area contributed by atoms with Gasteiger partial charge in [0.1, 0.15) is 6.10 Å². The van der Waals surface area contributed by atoms with E-state index in [4.69, 9.17) is 4.74 Å². The fraction of sp³-hybridized carbons (Fsp3) is 0.778. The van der Waals surface area contributed by atoms with Gasteiger partial charge in [0.15, 0.2) is 0 Å². The molecular weight excluding hydrogens is 278 g/mol. The first-order valence-electron chi connectivity index (χ1n) is 8.44. The Labute approximate surface area is 133 Å². The summed E-state index contributed by atoms with van der Waals surface area (Å²) >= 11 is 0. The molecule has 0 unspecified atom stereocenters. The average Bonchev–Trinajstić information content (AvgIpc) is 2.98. The standard InChI is InChI=1S/C18H29NO3/c1-5-8-15(20)22-14-10-7-12-18(14)11-6-9-13(18)19-16(21)17(2,3)4/h5,8,13-14H,6-7,9-12H2,1-4H3,(H,19,21)/b8-5+/t13-,14+,18-/m0/s1. The maximum absolute atomic E-state index is 12.4. The van der Waals surface area contributed by atoms with Crippen molar-refractivity contribution in [3.63, 3.8) is 0 Å². The van der Waals surface area contributed by atoms with E-state index in [1.165, 1.54) is 6.08 Å². The number of carbonyl (C=O) groups excluding carboxylic acids is 2. The van der Waals surface area contributed by atoms with E-state index in [0.717, 1.165) is 38.5 Å². The summed E-state index contributed by atoms with van der Waals surface area (Å²) in [7, 11) is 0. The first-order valence-corrected chi connectivity index (χ1v) is 8.44. The number of amides is 1. The zero-order valence-electron chi connectivity index (χ0n) is 14.3. The molecule has 2 fully saturated rings. The highest BCUT2D eigenvalue weighted by Crippen LogP contribution is 2.52. The number of hydrogen-bond acceptors (Lipinski definition) is 3. The van der Waals surface area contributed by atoms with Gasteiger partial charge in [0.05, 0.1) is 0 Å². The summed E-state index contributed by atoms with van der Waals surface area (Å²) in [5, 5.41) is 3.24. The molecule has 0 aromatic heterocycles. The third-order valence-electron chi connectivity index (χ3n) is 5.13. The second-order valence-electron chi connectivity index (χ2n) is 7.72. The Morgan fingerprint density at radius 3 is 2.41 bits per heavy atom. The molecule has 0 bridgehead atoms. The Morgan fingerprint density at radius 1 is 1.18 bits per heavy atom. The van der Waals surface area contributed by atoms with Gasteiger partial charge in [0, 0.05) is 22.9 Å². The van der Waals surface area contributed by atoms with Crippen molar-refractivity contribution in [2.45, 2.75) is 78.4 Å². The summed E-state index contributed by atoms with van der Waals surface area (Å²) < 4.78 is 5.71. The smallest absolute Gasteiger partial charge is 0.330 e. The van der Waals surface area contributed by atoms with Gasteiger partial charge in [-0.15, -0.1) is 0 Å². The monoisotopic (exact) mass is 307 g/mol. The molecule has 2 saturated carbocycles. The van der Waals surface area contributed by atoms with E-state index in [0.29, 0.717) is 0 Å². The van der Waals surface area contributed by atoms with Gasteiger partial charge in [-0.1, -0.05) is 33.3 Å². The summed E-state index contributed by atoms with van der Waals surface area (Å²) in [4.78, 5) is 24.2. The molecule has 4 nitrogen and oxygen atoms in total. The molecule has 4 heteroatoms. The number of nitrogens with one attached hydrogen (secondary N) is 1. The lowest BCUT2D eigenvalue weighted by atomic mass is 9.78. The van der Waals surface area contributed by atoms with Gasteiger partial charge in [-0.2, -0.15) is 0 Å². The highest BCUT2D eigenvalue weighted by atomic mass is 16.5. The molecule has 2 rings (SSSR count). The molecule has 0 aromatic rings. The summed E-state index contributed by atoms with van der Waals surface area (Å²) in [6.45, 7) is 7.61. The van der Waals surface area contributed by atoms with Crippen molar-refractivity contribution in [1.29, 1.82) is 0 Å². The molecule has 3 atom stereocenters. The summed E-state index contributed by atoms with van der Waals surface area (Å²) in [5.41, 5.74) is -0.447. The van der Waals surface area contributed by atoms with Crippen molar-refractivity contribution in [3.8, 4) is 0 Å². The number of ether oxygens (including phenoxy) is 1. The molecule has 22 heavy (non-hydrogen) atoms. The lowest BCUT2D eigenvalue weighted by molar-refractivity contribution is -0.149. The van der Waals surface area contributed by atoms with E-state index in [-0.39, 0.29) is 34.9 Å². The van der Waals surface area contributed by atoms with Crippen LogP contribution in [0, 0.1) is 10.8 Å². The summed E-state index contributed by atoms with van der Waals surface area (Å²) in [5.74, 6) is -0.175. The third-order valence-corrected chi connectivity index (χ3v) is 5.13. The number of esters is 1. The molecule has 1 N–H and O–H groups in total. The normalized spacial score (nSPS) is 31.8. The van der Waals surface area contributed by atoms with Crippen LogP contribution in [0.25, 0.3) is 0 Å². The van der Waals surface area contributed by atoms with Gasteiger partial charge in [-0.05, 0) is 39.0 Å². The third kappa shape index (κ3) is 3.36. The molecule has 0 aromatic carbocycles. The van der Waals surface area contributed by atoms with Gasteiger partial charge in [-0.25, -0.2) is 4.79 Å². The molecule has 1 spiro atoms. The van der Waals surface area contributed by atoms with Crippen LogP contribution in [-0.2, 0) is 14.3 Å². The number of rotatable bonds is 3. The SMILES string of the molecule is C/C=C/C(=O)O[C@@H]1CCC[C@]12CCC[C@@H]2NC(=O)C(C)(C)C. The van der Waals surface area contributed by atoms with Crippen LogP contribution < -0.4 is 5.32 Å². The zero-order chi connectivity index (χ0) is 16.4. The maximum atomic E-state index is 12.4. The van der Waals surface area contributed by atoms with E-state index >= 15 is 0 Å². The Balaban J connectivity index is 2.12. The summed E-state index contributed by atoms with van der Waals surface area (Å²) in [6.07, 6.45) is 9.24. The molecule has 2 aliphatic rings. The van der Waals surface area contributed by atoms with E-state index in [9.17, 15) is 9.59 Å². The Bertz CT molecular complexity index is 459. The number of allylic oxidation sites excluding steroid dienone is 1. The van der Waals surface area contributed by atoms with Crippen LogP contribution >= 0.6 is 0 Å². The van der Waals surface area contributed by atoms with Crippen molar-refractivity contribution in [2.24, 2.45) is 10.8 Å². The van der Waals surface area contributed by atoms with E-state index in [1.54, 1.807) is 6.08 Å². The molecule has 124 valence electrons. The van der Waals surface area contributed by atoms with E-state index in [1.807, 2.05) is 27.7 Å². The second-order valence-corrected chi connectivity index (χ2v) is 7.72. The predicted molar refractivity (Wildman–Crippen MR) is 86.2 cm³/mol. The topological polar surface area (TPSA) is 55.4 Å². The van der Waals surface area contributed by atoms with Crippen LogP contribution in [0.5, 0.6) is 0 Å². The minimum absolute atomic E-state index is 0.0574. The van der Waals surface area contributed by atoms with Crippen molar-refractivity contribution < 1.29 is 14.3 Å². The molecule has 0 aliphatic heterocycles. The fourth-order valence-corrected chi connectivity index (χ4v) is 3.93. The molecule has 0 saturated heterocycles. The van der Waals surface area contributed by atoms with Crippen molar-refractivity contribution in [2.75, 3.05) is 0 Å². The lowest BCUT2D eigenvalue weighted by Gasteiger charge is -2.38. The van der Waals surface area contributed by atoms with Gasteiger partial charge >= 0.3 is 5.97 Å². The van der Waals surface area contributed by atoms with Gasteiger partial charge < -0.3 is 10.1 Å². The van der Waals surface area contributed by atoms with Crippen LogP contribution in [0.15, 0.2) is 12.2 Å². The fourth-order valence-electron chi connectivity index (χ4n) is 3.93. The number of hydrogen-bond donors (Lipinski definition) is 1. The molecule has 1 amide bonds. The van der Waals surface area contributed by atoms with E-state index in [2.05, 4.69) is 5.32 Å². The van der Waals surface area contributed by atoms with Crippen molar-refractivity contribution in [1.82, 2.24) is 5.32 Å². The minimum atomic E-state index is -0.389. The quantitative estimate of drug-likeness (QED) is 0.642. The first-order chi connectivity index (χ1) is 10.3. The summed E-state index contributed by atoms with van der Waals surface area (Å²) in [6, 6.07) is 0.130. The van der Waals surface area contributed by atoms with Crippen LogP contribution in [-0.4, -0.2) is 24.0 Å². The zero-order valence-corrected chi connectivity index (χ0v) is 14.3. The molecule has 2 aliphatic carbocycles. The van der Waals surface area contributed by atoms with Gasteiger partial charge in [0.25, 0.3) is 0 Å². The Morgan fingerprint density at radius 2 is 1.82 bits per heavy atom. The highest BCUT2D eigenvalue weighted by molar-refractivity contribution is 5.82. The lowest BCUT2D eigenvalue weighted by Crippen LogP contribution is -2.51. The van der Waals surface area contributed by atoms with Crippen LogP contribution in [0.3, 0.4) is 0 Å². The Kier molecular flexibility index (Phi) is 4.98. The van der Waals surface area contributed by atoms with Crippen LogP contribution in [0.1, 0.15) is 66.2 Å². The maximum Gasteiger partial charge on any atom is 0.330 e. The molecular formula is C18H29NO3.